The topological polar surface area (TPSA) is 79.2 Å². The second-order valence-electron chi connectivity index (χ2n) is 7.13. The zero-order valence-corrected chi connectivity index (χ0v) is 18.1. The highest BCUT2D eigenvalue weighted by molar-refractivity contribution is 7.98. The summed E-state index contributed by atoms with van der Waals surface area (Å²) < 4.78 is 10.9. The number of methoxy groups -OCH3 is 1. The van der Waals surface area contributed by atoms with Crippen LogP contribution in [0.3, 0.4) is 0 Å². The monoisotopic (exact) mass is 412 g/mol. The number of imidazole rings is 1. The molecule has 0 N–H and O–H groups in total. The first-order valence-electron chi connectivity index (χ1n) is 9.41. The number of hydrogen-bond acceptors (Lipinski definition) is 6. The van der Waals surface area contributed by atoms with Crippen molar-refractivity contribution in [3.8, 4) is 0 Å². The fourth-order valence-corrected chi connectivity index (χ4v) is 4.49. The van der Waals surface area contributed by atoms with Crippen LogP contribution >= 0.6 is 11.8 Å². The van der Waals surface area contributed by atoms with Crippen molar-refractivity contribution in [2.45, 2.75) is 38.2 Å². The van der Waals surface area contributed by atoms with E-state index in [-0.39, 0.29) is 5.56 Å². The van der Waals surface area contributed by atoms with Crippen LogP contribution in [0.4, 0.5) is 0 Å². The Balaban J connectivity index is 1.76. The van der Waals surface area contributed by atoms with Gasteiger partial charge in [0, 0.05) is 26.4 Å². The Hall–Kier alpha value is -2.65. The molecule has 0 aliphatic heterocycles. The summed E-state index contributed by atoms with van der Waals surface area (Å²) in [6.45, 7) is 7.45. The van der Waals surface area contributed by atoms with E-state index >= 15 is 0 Å². The third-order valence-electron chi connectivity index (χ3n) is 5.21. The summed E-state index contributed by atoms with van der Waals surface area (Å²) in [6.07, 6.45) is 0. The molecular formula is C20H24N6O2S. The van der Waals surface area contributed by atoms with E-state index in [1.165, 1.54) is 0 Å². The number of nitrogens with zero attached hydrogens (tertiary/aromatic N) is 6. The molecule has 3 aromatic heterocycles. The van der Waals surface area contributed by atoms with Crippen LogP contribution in [0.25, 0.3) is 16.7 Å². The van der Waals surface area contributed by atoms with E-state index in [1.807, 2.05) is 36.4 Å². The van der Waals surface area contributed by atoms with Gasteiger partial charge in [0.05, 0.1) is 29.0 Å². The first-order chi connectivity index (χ1) is 13.9. The standard InChI is InChI=1S/C20H24N6O2S/c1-12-6-7-16-15(10-12)18(27)24(4)19-23-22-17(26(16)19)11-29-20-21-13(2)14(3)25(20)8-9-28-5/h6-7,10H,8-9,11H2,1-5H3. The van der Waals surface area contributed by atoms with Crippen molar-refractivity contribution >= 4 is 28.4 Å². The van der Waals surface area contributed by atoms with E-state index in [1.54, 1.807) is 30.5 Å². The molecule has 4 aromatic rings. The van der Waals surface area contributed by atoms with Crippen molar-refractivity contribution in [1.82, 2.24) is 28.7 Å². The summed E-state index contributed by atoms with van der Waals surface area (Å²) in [7, 11) is 3.43. The molecule has 0 aliphatic carbocycles. The maximum Gasteiger partial charge on any atom is 0.262 e. The van der Waals surface area contributed by atoms with E-state index in [4.69, 9.17) is 9.72 Å². The quantitative estimate of drug-likeness (QED) is 0.453. The fourth-order valence-electron chi connectivity index (χ4n) is 3.46. The van der Waals surface area contributed by atoms with Gasteiger partial charge in [-0.05, 0) is 32.9 Å². The third-order valence-corrected chi connectivity index (χ3v) is 6.19. The molecule has 4 rings (SSSR count). The molecule has 0 amide bonds. The van der Waals surface area contributed by atoms with Crippen molar-refractivity contribution in [2.75, 3.05) is 13.7 Å². The number of fused-ring (bicyclic) bond motifs is 3. The molecule has 0 atom stereocenters. The Kier molecular flexibility index (Phi) is 5.18. The Morgan fingerprint density at radius 3 is 2.72 bits per heavy atom. The molecule has 0 saturated heterocycles. The lowest BCUT2D eigenvalue weighted by atomic mass is 10.1. The molecule has 0 unspecified atom stereocenters. The number of aryl methyl sites for hydroxylation is 3. The van der Waals surface area contributed by atoms with Crippen molar-refractivity contribution in [1.29, 1.82) is 0 Å². The molecule has 0 saturated carbocycles. The molecular weight excluding hydrogens is 388 g/mol. The molecule has 0 bridgehead atoms. The molecule has 9 heteroatoms. The van der Waals surface area contributed by atoms with Gasteiger partial charge in [0.15, 0.2) is 5.16 Å². The van der Waals surface area contributed by atoms with Gasteiger partial charge >= 0.3 is 0 Å². The smallest absolute Gasteiger partial charge is 0.262 e. The number of thioether (sulfide) groups is 1. The normalized spacial score (nSPS) is 11.8. The van der Waals surface area contributed by atoms with Crippen molar-refractivity contribution in [3.63, 3.8) is 0 Å². The highest BCUT2D eigenvalue weighted by Gasteiger charge is 2.17. The minimum absolute atomic E-state index is 0.0656. The van der Waals surface area contributed by atoms with E-state index in [9.17, 15) is 4.79 Å². The minimum atomic E-state index is -0.0656. The van der Waals surface area contributed by atoms with Gasteiger partial charge in [-0.1, -0.05) is 23.4 Å². The maximum absolute atomic E-state index is 12.7. The Bertz CT molecular complexity index is 1270. The van der Waals surface area contributed by atoms with Crippen LogP contribution < -0.4 is 5.56 Å². The van der Waals surface area contributed by atoms with Crippen molar-refractivity contribution in [3.05, 3.63) is 51.3 Å². The van der Waals surface area contributed by atoms with E-state index < -0.39 is 0 Å². The number of ether oxygens (including phenoxy) is 1. The van der Waals surface area contributed by atoms with Crippen LogP contribution in [0.5, 0.6) is 0 Å². The van der Waals surface area contributed by atoms with Gasteiger partial charge in [0.1, 0.15) is 5.82 Å². The van der Waals surface area contributed by atoms with Gasteiger partial charge in [-0.3, -0.25) is 13.8 Å². The number of aromatic nitrogens is 6. The highest BCUT2D eigenvalue weighted by Crippen LogP contribution is 2.25. The molecule has 0 radical (unpaired) electrons. The molecule has 0 spiro atoms. The van der Waals surface area contributed by atoms with Crippen molar-refractivity contribution in [2.24, 2.45) is 7.05 Å². The van der Waals surface area contributed by atoms with Crippen molar-refractivity contribution < 1.29 is 4.74 Å². The summed E-state index contributed by atoms with van der Waals surface area (Å²) in [5, 5.41) is 10.2. The van der Waals surface area contributed by atoms with Gasteiger partial charge < -0.3 is 9.30 Å². The maximum atomic E-state index is 12.7. The summed E-state index contributed by atoms with van der Waals surface area (Å²) >= 11 is 1.61. The summed E-state index contributed by atoms with van der Waals surface area (Å²) in [5.41, 5.74) is 3.95. The third kappa shape index (κ3) is 3.34. The molecule has 152 valence electrons. The van der Waals surface area contributed by atoms with Crippen LogP contribution in [-0.2, 0) is 24.1 Å². The minimum Gasteiger partial charge on any atom is -0.383 e. The summed E-state index contributed by atoms with van der Waals surface area (Å²) in [5.74, 6) is 1.91. The highest BCUT2D eigenvalue weighted by atomic mass is 32.2. The SMILES string of the molecule is COCCn1c(SCc2nnc3n(C)c(=O)c4cc(C)ccc4n23)nc(C)c1C. The van der Waals surface area contributed by atoms with Gasteiger partial charge in [0.2, 0.25) is 5.78 Å². The van der Waals surface area contributed by atoms with Crippen LogP contribution in [-0.4, -0.2) is 42.4 Å². The van der Waals surface area contributed by atoms with E-state index in [0.29, 0.717) is 23.5 Å². The lowest BCUT2D eigenvalue weighted by Gasteiger charge is -2.10. The molecule has 0 aliphatic rings. The number of benzene rings is 1. The molecule has 8 nitrogen and oxygen atoms in total. The average Bonchev–Trinajstić information content (AvgIpc) is 3.24. The van der Waals surface area contributed by atoms with Gasteiger partial charge in [-0.25, -0.2) is 4.98 Å². The first-order valence-corrected chi connectivity index (χ1v) is 10.4. The summed E-state index contributed by atoms with van der Waals surface area (Å²) in [4.78, 5) is 17.4. The zero-order chi connectivity index (χ0) is 20.7. The summed E-state index contributed by atoms with van der Waals surface area (Å²) in [6, 6.07) is 5.88. The predicted molar refractivity (Wildman–Crippen MR) is 114 cm³/mol. The van der Waals surface area contributed by atoms with Crippen LogP contribution in [0, 0.1) is 20.8 Å². The molecule has 3 heterocycles. The first kappa shape index (κ1) is 19.7. The molecule has 0 fully saturated rings. The Morgan fingerprint density at radius 1 is 1.17 bits per heavy atom. The Morgan fingerprint density at radius 2 is 1.97 bits per heavy atom. The lowest BCUT2D eigenvalue weighted by molar-refractivity contribution is 0.184. The number of rotatable bonds is 6. The average molecular weight is 413 g/mol. The number of hydrogen-bond donors (Lipinski definition) is 0. The molecule has 1 aromatic carbocycles. The fraction of sp³-hybridized carbons (Fsp3) is 0.400. The Labute approximate surface area is 172 Å². The van der Waals surface area contributed by atoms with Gasteiger partial charge in [0.25, 0.3) is 5.56 Å². The lowest BCUT2D eigenvalue weighted by Crippen LogP contribution is -2.20. The van der Waals surface area contributed by atoms with E-state index in [0.717, 1.165) is 40.0 Å². The van der Waals surface area contributed by atoms with E-state index in [2.05, 4.69) is 21.7 Å². The largest absolute Gasteiger partial charge is 0.383 e. The second kappa shape index (κ2) is 7.64. The van der Waals surface area contributed by atoms with Gasteiger partial charge in [-0.2, -0.15) is 0 Å². The predicted octanol–water partition coefficient (Wildman–Crippen LogP) is 2.64. The van der Waals surface area contributed by atoms with Crippen LogP contribution in [0.1, 0.15) is 22.8 Å². The van der Waals surface area contributed by atoms with Crippen LogP contribution in [0.15, 0.2) is 28.2 Å². The van der Waals surface area contributed by atoms with Gasteiger partial charge in [-0.15, -0.1) is 10.2 Å². The van der Waals surface area contributed by atoms with Crippen LogP contribution in [0.2, 0.25) is 0 Å². The zero-order valence-electron chi connectivity index (χ0n) is 17.3. The second-order valence-corrected chi connectivity index (χ2v) is 8.08. The molecule has 29 heavy (non-hydrogen) atoms.